The number of aryl methyl sites for hydroxylation is 2. The Bertz CT molecular complexity index is 479. The van der Waals surface area contributed by atoms with E-state index in [1.54, 1.807) is 11.7 Å². The van der Waals surface area contributed by atoms with Crippen LogP contribution in [0.15, 0.2) is 6.07 Å². The van der Waals surface area contributed by atoms with Crippen LogP contribution < -0.4 is 10.6 Å². The highest BCUT2D eigenvalue weighted by Gasteiger charge is 2.28. The van der Waals surface area contributed by atoms with Crippen LogP contribution in [0.5, 0.6) is 0 Å². The molecule has 0 aliphatic rings. The Balaban J connectivity index is 2.55. The molecule has 1 rings (SSSR count). The maximum atomic E-state index is 11.6. The largest absolute Gasteiger partial charge is 0.480 e. The van der Waals surface area contributed by atoms with Crippen LogP contribution in [0.1, 0.15) is 32.2 Å². The summed E-state index contributed by atoms with van der Waals surface area (Å²) in [5, 5.41) is 18.2. The number of carbonyl (C=O) groups is 2. The van der Waals surface area contributed by atoms with Crippen molar-refractivity contribution in [3.63, 3.8) is 0 Å². The average Bonchev–Trinajstić information content (AvgIpc) is 2.66. The second-order valence-corrected chi connectivity index (χ2v) is 4.84. The third-order valence-corrected chi connectivity index (χ3v) is 2.78. The van der Waals surface area contributed by atoms with E-state index in [0.717, 1.165) is 17.8 Å². The topological polar surface area (TPSA) is 96.3 Å². The molecular weight excluding hydrogens is 248 g/mol. The molecule has 0 unspecified atom stereocenters. The zero-order valence-corrected chi connectivity index (χ0v) is 11.6. The zero-order valence-electron chi connectivity index (χ0n) is 11.6. The standard InChI is InChI=1S/C12H20N4O3/c1-5-8-6-9(16(4)15-8)7-13-11(19)14-12(2,3)10(17)18/h6H,5,7H2,1-4H3,(H,17,18)(H2,13,14,19). The summed E-state index contributed by atoms with van der Waals surface area (Å²) < 4.78 is 1.70. The van der Waals surface area contributed by atoms with Gasteiger partial charge in [-0.15, -0.1) is 0 Å². The highest BCUT2D eigenvalue weighted by Crippen LogP contribution is 2.04. The van der Waals surface area contributed by atoms with E-state index in [9.17, 15) is 9.59 Å². The molecule has 0 spiro atoms. The Hall–Kier alpha value is -2.05. The van der Waals surface area contributed by atoms with Gasteiger partial charge in [-0.25, -0.2) is 9.59 Å². The normalized spacial score (nSPS) is 11.2. The molecule has 19 heavy (non-hydrogen) atoms. The van der Waals surface area contributed by atoms with Gasteiger partial charge in [-0.2, -0.15) is 5.10 Å². The fourth-order valence-electron chi connectivity index (χ4n) is 1.46. The molecule has 0 saturated carbocycles. The van der Waals surface area contributed by atoms with E-state index >= 15 is 0 Å². The number of amides is 2. The number of aromatic nitrogens is 2. The predicted molar refractivity (Wildman–Crippen MR) is 69.7 cm³/mol. The van der Waals surface area contributed by atoms with Gasteiger partial charge in [-0.05, 0) is 26.3 Å². The fraction of sp³-hybridized carbons (Fsp3) is 0.583. The molecule has 2 amide bonds. The number of aliphatic carboxylic acids is 1. The minimum atomic E-state index is -1.30. The van der Waals surface area contributed by atoms with Crippen molar-refractivity contribution >= 4 is 12.0 Å². The van der Waals surface area contributed by atoms with Gasteiger partial charge in [0.2, 0.25) is 0 Å². The summed E-state index contributed by atoms with van der Waals surface area (Å²) in [6.07, 6.45) is 0.825. The third-order valence-electron chi connectivity index (χ3n) is 2.78. The van der Waals surface area contributed by atoms with E-state index in [4.69, 9.17) is 5.11 Å². The molecule has 1 aromatic rings. The number of hydrogen-bond donors (Lipinski definition) is 3. The maximum absolute atomic E-state index is 11.6. The van der Waals surface area contributed by atoms with Crippen LogP contribution in [-0.4, -0.2) is 32.4 Å². The third kappa shape index (κ3) is 3.97. The van der Waals surface area contributed by atoms with Crippen molar-refractivity contribution in [2.75, 3.05) is 0 Å². The number of carbonyl (C=O) groups excluding carboxylic acids is 1. The van der Waals surface area contributed by atoms with Crippen LogP contribution in [0.4, 0.5) is 4.79 Å². The number of rotatable bonds is 5. The first-order valence-corrected chi connectivity index (χ1v) is 6.07. The van der Waals surface area contributed by atoms with Crippen LogP contribution >= 0.6 is 0 Å². The molecule has 1 aromatic heterocycles. The second kappa shape index (κ2) is 5.73. The minimum absolute atomic E-state index is 0.297. The summed E-state index contributed by atoms with van der Waals surface area (Å²) in [5.74, 6) is -1.09. The lowest BCUT2D eigenvalue weighted by molar-refractivity contribution is -0.142. The first kappa shape index (κ1) is 15.0. The van der Waals surface area contributed by atoms with E-state index in [2.05, 4.69) is 15.7 Å². The molecule has 0 bridgehead atoms. The molecule has 0 aliphatic carbocycles. The summed E-state index contributed by atoms with van der Waals surface area (Å²) in [4.78, 5) is 22.5. The number of hydrogen-bond acceptors (Lipinski definition) is 3. The Morgan fingerprint density at radius 1 is 1.47 bits per heavy atom. The van der Waals surface area contributed by atoms with Gasteiger partial charge in [0.05, 0.1) is 17.9 Å². The smallest absolute Gasteiger partial charge is 0.328 e. The van der Waals surface area contributed by atoms with Crippen LogP contribution in [-0.2, 0) is 24.8 Å². The van der Waals surface area contributed by atoms with Crippen molar-refractivity contribution in [3.8, 4) is 0 Å². The van der Waals surface area contributed by atoms with Crippen molar-refractivity contribution < 1.29 is 14.7 Å². The molecule has 0 radical (unpaired) electrons. The van der Waals surface area contributed by atoms with Gasteiger partial charge in [0, 0.05) is 7.05 Å². The Morgan fingerprint density at radius 3 is 2.58 bits per heavy atom. The fourth-order valence-corrected chi connectivity index (χ4v) is 1.46. The van der Waals surface area contributed by atoms with Gasteiger partial charge >= 0.3 is 12.0 Å². The quantitative estimate of drug-likeness (QED) is 0.730. The van der Waals surface area contributed by atoms with Crippen molar-refractivity contribution in [3.05, 3.63) is 17.5 Å². The monoisotopic (exact) mass is 268 g/mol. The molecule has 7 heteroatoms. The summed E-state index contributed by atoms with van der Waals surface area (Å²) in [7, 11) is 1.80. The van der Waals surface area contributed by atoms with E-state index in [1.807, 2.05) is 13.0 Å². The number of nitrogens with one attached hydrogen (secondary N) is 2. The molecule has 0 aliphatic heterocycles. The molecular formula is C12H20N4O3. The summed E-state index contributed by atoms with van der Waals surface area (Å²) >= 11 is 0. The van der Waals surface area contributed by atoms with E-state index in [-0.39, 0.29) is 0 Å². The number of urea groups is 1. The summed E-state index contributed by atoms with van der Waals surface area (Å²) in [5.41, 5.74) is 0.510. The van der Waals surface area contributed by atoms with Crippen molar-refractivity contribution in [2.45, 2.75) is 39.3 Å². The molecule has 1 heterocycles. The van der Waals surface area contributed by atoms with Gasteiger partial charge in [0.25, 0.3) is 0 Å². The Labute approximate surface area is 112 Å². The summed E-state index contributed by atoms with van der Waals surface area (Å²) in [6.45, 7) is 5.15. The van der Waals surface area contributed by atoms with Gasteiger partial charge in [0.1, 0.15) is 5.54 Å². The lowest BCUT2D eigenvalue weighted by Gasteiger charge is -2.21. The van der Waals surface area contributed by atoms with Crippen LogP contribution in [0.3, 0.4) is 0 Å². The first-order valence-electron chi connectivity index (χ1n) is 6.07. The van der Waals surface area contributed by atoms with E-state index < -0.39 is 17.5 Å². The molecule has 3 N–H and O–H groups in total. The van der Waals surface area contributed by atoms with Crippen molar-refractivity contribution in [2.24, 2.45) is 7.05 Å². The molecule has 0 fully saturated rings. The predicted octanol–water partition coefficient (Wildman–Crippen LogP) is 0.645. The number of nitrogens with zero attached hydrogens (tertiary/aromatic N) is 2. The lowest BCUT2D eigenvalue weighted by atomic mass is 10.1. The minimum Gasteiger partial charge on any atom is -0.480 e. The molecule has 7 nitrogen and oxygen atoms in total. The van der Waals surface area contributed by atoms with Crippen LogP contribution in [0.25, 0.3) is 0 Å². The van der Waals surface area contributed by atoms with Crippen molar-refractivity contribution in [1.29, 1.82) is 0 Å². The Morgan fingerprint density at radius 2 is 2.11 bits per heavy atom. The highest BCUT2D eigenvalue weighted by molar-refractivity contribution is 5.85. The highest BCUT2D eigenvalue weighted by atomic mass is 16.4. The maximum Gasteiger partial charge on any atom is 0.328 e. The molecule has 0 aromatic carbocycles. The van der Waals surface area contributed by atoms with Crippen molar-refractivity contribution in [1.82, 2.24) is 20.4 Å². The average molecular weight is 268 g/mol. The summed E-state index contributed by atoms with van der Waals surface area (Å²) in [6, 6.07) is 1.38. The van der Waals surface area contributed by atoms with Gasteiger partial charge < -0.3 is 15.7 Å². The van der Waals surface area contributed by atoms with E-state index in [1.165, 1.54) is 13.8 Å². The molecule has 106 valence electrons. The van der Waals surface area contributed by atoms with E-state index in [0.29, 0.717) is 6.54 Å². The Kier molecular flexibility index (Phi) is 4.52. The lowest BCUT2D eigenvalue weighted by Crippen LogP contribution is -2.53. The van der Waals surface area contributed by atoms with Gasteiger partial charge in [-0.3, -0.25) is 4.68 Å². The zero-order chi connectivity index (χ0) is 14.6. The number of carboxylic acids is 1. The first-order chi connectivity index (χ1) is 8.76. The van der Waals surface area contributed by atoms with Crippen LogP contribution in [0.2, 0.25) is 0 Å². The van der Waals surface area contributed by atoms with Gasteiger partial charge in [-0.1, -0.05) is 6.92 Å². The second-order valence-electron chi connectivity index (χ2n) is 4.84. The van der Waals surface area contributed by atoms with Gasteiger partial charge in [0.15, 0.2) is 0 Å². The molecule has 0 atom stereocenters. The molecule has 0 saturated heterocycles. The van der Waals surface area contributed by atoms with Crippen LogP contribution in [0, 0.1) is 0 Å². The SMILES string of the molecule is CCc1cc(CNC(=O)NC(C)(C)C(=O)O)n(C)n1. The number of carboxylic acid groups (broad SMARTS) is 1.